The molecule has 1 N–H and O–H groups in total. The number of hydrogen-bond donors (Lipinski definition) is 1. The molecule has 5 aromatic rings. The third-order valence-corrected chi connectivity index (χ3v) is 7.14. The van der Waals surface area contributed by atoms with Crippen LogP contribution in [0.25, 0.3) is 22.4 Å². The van der Waals surface area contributed by atoms with Crippen molar-refractivity contribution in [1.82, 2.24) is 28.8 Å². The average molecular weight is 535 g/mol. The van der Waals surface area contributed by atoms with E-state index in [1.165, 1.54) is 11.8 Å². The van der Waals surface area contributed by atoms with E-state index in [0.29, 0.717) is 28.4 Å². The molecular weight excluding hydrogens is 504 g/mol. The highest BCUT2D eigenvalue weighted by molar-refractivity contribution is 5.77. The molecule has 10 heteroatoms. The first-order chi connectivity index (χ1) is 19.5. The minimum Gasteiger partial charge on any atom is -0.369 e. The Morgan fingerprint density at radius 3 is 2.45 bits per heavy atom. The van der Waals surface area contributed by atoms with Gasteiger partial charge in [0.15, 0.2) is 5.65 Å². The summed E-state index contributed by atoms with van der Waals surface area (Å²) in [6, 6.07) is 20.7. The molecule has 1 fully saturated rings. The van der Waals surface area contributed by atoms with E-state index in [9.17, 15) is 9.59 Å². The summed E-state index contributed by atoms with van der Waals surface area (Å²) in [5.41, 5.74) is 3.48. The van der Waals surface area contributed by atoms with Crippen LogP contribution in [0, 0.1) is 0 Å². The average Bonchev–Trinajstić information content (AvgIpc) is 3.25. The van der Waals surface area contributed by atoms with E-state index >= 15 is 0 Å². The van der Waals surface area contributed by atoms with E-state index in [1.807, 2.05) is 36.4 Å². The third kappa shape index (κ3) is 4.80. The van der Waals surface area contributed by atoms with Gasteiger partial charge in [0.1, 0.15) is 5.39 Å². The number of benzene rings is 2. The number of aromatic nitrogens is 5. The van der Waals surface area contributed by atoms with Crippen LogP contribution < -0.4 is 21.3 Å². The van der Waals surface area contributed by atoms with Gasteiger partial charge in [-0.3, -0.25) is 14.2 Å². The number of rotatable bonds is 7. The van der Waals surface area contributed by atoms with Gasteiger partial charge in [-0.25, -0.2) is 14.3 Å². The molecular formula is C30H30N8O2. The van der Waals surface area contributed by atoms with Crippen LogP contribution >= 0.6 is 0 Å². The van der Waals surface area contributed by atoms with Crippen LogP contribution in [0.15, 0.2) is 101 Å². The molecule has 0 radical (unpaired) electrons. The highest BCUT2D eigenvalue weighted by atomic mass is 16.1. The molecule has 6 rings (SSSR count). The Bertz CT molecular complexity index is 1790. The van der Waals surface area contributed by atoms with Crippen LogP contribution in [0.3, 0.4) is 0 Å². The Morgan fingerprint density at radius 1 is 0.925 bits per heavy atom. The smallest absolute Gasteiger partial charge is 0.278 e. The lowest BCUT2D eigenvalue weighted by Crippen LogP contribution is -2.44. The first-order valence-electron chi connectivity index (χ1n) is 13.2. The maximum absolute atomic E-state index is 13.3. The van der Waals surface area contributed by atoms with Gasteiger partial charge in [0.05, 0.1) is 17.9 Å². The SMILES string of the molecule is C=CCn1c(=O)c2cnc(Nc3ccc(N4CCN(C)CC4)cc3)nc2n1-c1cccc(-n2ccccc2=O)c1. The van der Waals surface area contributed by atoms with Crippen molar-refractivity contribution in [1.29, 1.82) is 0 Å². The van der Waals surface area contributed by atoms with Crippen LogP contribution in [-0.2, 0) is 6.54 Å². The molecule has 4 heterocycles. The molecule has 0 aliphatic carbocycles. The normalized spacial score (nSPS) is 14.0. The van der Waals surface area contributed by atoms with Crippen LogP contribution in [-0.4, -0.2) is 62.0 Å². The van der Waals surface area contributed by atoms with Crippen molar-refractivity contribution < 1.29 is 0 Å². The summed E-state index contributed by atoms with van der Waals surface area (Å²) >= 11 is 0. The summed E-state index contributed by atoms with van der Waals surface area (Å²) in [6.45, 7) is 8.20. The molecule has 1 aliphatic heterocycles. The van der Waals surface area contributed by atoms with Crippen molar-refractivity contribution in [2.45, 2.75) is 6.54 Å². The zero-order chi connectivity index (χ0) is 27.6. The van der Waals surface area contributed by atoms with Crippen molar-refractivity contribution in [2.75, 3.05) is 43.4 Å². The molecule has 1 saturated heterocycles. The zero-order valence-corrected chi connectivity index (χ0v) is 22.3. The van der Waals surface area contributed by atoms with E-state index in [1.54, 1.807) is 44.5 Å². The summed E-state index contributed by atoms with van der Waals surface area (Å²) < 4.78 is 4.87. The number of anilines is 3. The summed E-state index contributed by atoms with van der Waals surface area (Å²) in [5, 5.41) is 3.67. The van der Waals surface area contributed by atoms with Gasteiger partial charge >= 0.3 is 0 Å². The Hall–Kier alpha value is -4.96. The Morgan fingerprint density at radius 2 is 1.70 bits per heavy atom. The first kappa shape index (κ1) is 25.3. The van der Waals surface area contributed by atoms with Crippen molar-refractivity contribution in [3.05, 3.63) is 112 Å². The van der Waals surface area contributed by atoms with Crippen molar-refractivity contribution in [3.63, 3.8) is 0 Å². The molecule has 0 amide bonds. The molecule has 1 aliphatic rings. The number of allylic oxidation sites excluding steroid dienone is 1. The Labute approximate surface area is 231 Å². The first-order valence-corrected chi connectivity index (χ1v) is 13.2. The predicted molar refractivity (Wildman–Crippen MR) is 158 cm³/mol. The van der Waals surface area contributed by atoms with Crippen molar-refractivity contribution in [2.24, 2.45) is 0 Å². The largest absolute Gasteiger partial charge is 0.369 e. The number of piperazine rings is 1. The highest BCUT2D eigenvalue weighted by Gasteiger charge is 2.18. The molecule has 40 heavy (non-hydrogen) atoms. The van der Waals surface area contributed by atoms with Gasteiger partial charge in [-0.05, 0) is 55.6 Å². The van der Waals surface area contributed by atoms with Gasteiger partial charge in [-0.15, -0.1) is 6.58 Å². The zero-order valence-electron chi connectivity index (χ0n) is 22.3. The van der Waals surface area contributed by atoms with Gasteiger partial charge < -0.3 is 15.1 Å². The van der Waals surface area contributed by atoms with E-state index < -0.39 is 0 Å². The molecule has 0 unspecified atom stereocenters. The minimum absolute atomic E-state index is 0.145. The number of nitrogens with zero attached hydrogens (tertiary/aromatic N) is 7. The summed E-state index contributed by atoms with van der Waals surface area (Å²) in [7, 11) is 2.15. The van der Waals surface area contributed by atoms with E-state index in [4.69, 9.17) is 4.98 Å². The Balaban J connectivity index is 1.37. The fraction of sp³-hybridized carbons (Fsp3) is 0.200. The standard InChI is InChI=1S/C30H30N8O2/c1-3-14-37-29(40)26-21-31-30(32-22-10-12-23(13-11-22)35-18-16-34(2)17-19-35)33-28(26)38(37)25-8-6-7-24(20-25)36-15-5-4-9-27(36)39/h3-13,15,20-21H,1,14,16-19H2,2H3,(H,31,32,33). The van der Waals surface area contributed by atoms with Crippen LogP contribution in [0.4, 0.5) is 17.3 Å². The fourth-order valence-corrected chi connectivity index (χ4v) is 5.00. The number of likely N-dealkylation sites (N-methyl/N-ethyl adjacent to an activating group) is 1. The summed E-state index contributed by atoms with van der Waals surface area (Å²) in [5.74, 6) is 0.375. The van der Waals surface area contributed by atoms with Crippen LogP contribution in [0.5, 0.6) is 0 Å². The molecule has 0 atom stereocenters. The lowest BCUT2D eigenvalue weighted by atomic mass is 10.2. The van der Waals surface area contributed by atoms with Gasteiger partial charge in [0.2, 0.25) is 5.95 Å². The van der Waals surface area contributed by atoms with Gasteiger partial charge in [0.25, 0.3) is 11.1 Å². The molecule has 202 valence electrons. The van der Waals surface area contributed by atoms with Gasteiger partial charge in [0, 0.05) is 56.0 Å². The molecule has 3 aromatic heterocycles. The number of fused-ring (bicyclic) bond motifs is 1. The summed E-state index contributed by atoms with van der Waals surface area (Å²) in [6.07, 6.45) is 4.93. The molecule has 2 aromatic carbocycles. The van der Waals surface area contributed by atoms with E-state index in [2.05, 4.69) is 45.9 Å². The number of nitrogens with one attached hydrogen (secondary N) is 1. The summed E-state index contributed by atoms with van der Waals surface area (Å²) in [4.78, 5) is 39.7. The monoisotopic (exact) mass is 534 g/mol. The maximum atomic E-state index is 13.3. The van der Waals surface area contributed by atoms with Crippen molar-refractivity contribution >= 4 is 28.4 Å². The fourth-order valence-electron chi connectivity index (χ4n) is 5.00. The second-order valence-electron chi connectivity index (χ2n) is 9.81. The van der Waals surface area contributed by atoms with Crippen LogP contribution in [0.2, 0.25) is 0 Å². The second kappa shape index (κ2) is 10.7. The van der Waals surface area contributed by atoms with E-state index in [-0.39, 0.29) is 17.7 Å². The van der Waals surface area contributed by atoms with Gasteiger partial charge in [-0.2, -0.15) is 4.98 Å². The van der Waals surface area contributed by atoms with Crippen molar-refractivity contribution in [3.8, 4) is 11.4 Å². The molecule has 10 nitrogen and oxygen atoms in total. The lowest BCUT2D eigenvalue weighted by Gasteiger charge is -2.34. The highest BCUT2D eigenvalue weighted by Crippen LogP contribution is 2.23. The van der Waals surface area contributed by atoms with Crippen LogP contribution in [0.1, 0.15) is 0 Å². The second-order valence-corrected chi connectivity index (χ2v) is 9.81. The number of pyridine rings is 1. The molecule has 0 bridgehead atoms. The Kier molecular flexibility index (Phi) is 6.75. The molecule has 0 spiro atoms. The third-order valence-electron chi connectivity index (χ3n) is 7.14. The minimum atomic E-state index is -0.222. The molecule has 0 saturated carbocycles. The lowest BCUT2D eigenvalue weighted by molar-refractivity contribution is 0.313. The van der Waals surface area contributed by atoms with Gasteiger partial charge in [-0.1, -0.05) is 18.2 Å². The maximum Gasteiger partial charge on any atom is 0.278 e. The predicted octanol–water partition coefficient (Wildman–Crippen LogP) is 3.41. The topological polar surface area (TPSA) is 93.2 Å². The number of hydrogen-bond acceptors (Lipinski definition) is 7. The quantitative estimate of drug-likeness (QED) is 0.320. The van der Waals surface area contributed by atoms with E-state index in [0.717, 1.165) is 31.9 Å².